The summed E-state index contributed by atoms with van der Waals surface area (Å²) in [5.74, 6) is -0.456. The van der Waals surface area contributed by atoms with Crippen molar-refractivity contribution in [1.82, 2.24) is 5.32 Å². The van der Waals surface area contributed by atoms with Gasteiger partial charge in [-0.2, -0.15) is 8.42 Å². The maximum atomic E-state index is 10.7. The van der Waals surface area contributed by atoms with E-state index in [-0.39, 0.29) is 13.0 Å². The first-order valence-corrected chi connectivity index (χ1v) is 5.28. The highest BCUT2D eigenvalue weighted by Gasteiger charge is 2.20. The first-order chi connectivity index (χ1) is 5.91. The maximum absolute atomic E-state index is 10.7. The van der Waals surface area contributed by atoms with E-state index in [1.807, 2.05) is 0 Å². The van der Waals surface area contributed by atoms with Gasteiger partial charge in [0.25, 0.3) is 10.1 Å². The monoisotopic (exact) mass is 207 g/mol. The third kappa shape index (κ3) is 4.64. The standard InChI is InChI=1S/C7H13NO4S/c1-3-6(13(10,11)12)5-8-7(9)4-2/h4,6H,2-3,5H2,1H3,(H,8,9)(H,10,11,12). The van der Waals surface area contributed by atoms with Crippen LogP contribution in [0.3, 0.4) is 0 Å². The minimum Gasteiger partial charge on any atom is -0.351 e. The van der Waals surface area contributed by atoms with E-state index in [1.165, 1.54) is 0 Å². The predicted octanol–water partition coefficient (Wildman–Crippen LogP) is -0.0450. The van der Waals surface area contributed by atoms with Crippen molar-refractivity contribution in [2.24, 2.45) is 0 Å². The van der Waals surface area contributed by atoms with E-state index in [9.17, 15) is 13.2 Å². The fraction of sp³-hybridized carbons (Fsp3) is 0.571. The number of rotatable bonds is 5. The van der Waals surface area contributed by atoms with Gasteiger partial charge in [0.2, 0.25) is 5.91 Å². The third-order valence-corrected chi connectivity index (χ3v) is 2.91. The van der Waals surface area contributed by atoms with Crippen LogP contribution in [0.2, 0.25) is 0 Å². The zero-order chi connectivity index (χ0) is 10.5. The Morgan fingerprint density at radius 2 is 2.23 bits per heavy atom. The van der Waals surface area contributed by atoms with Gasteiger partial charge in [-0.1, -0.05) is 13.5 Å². The average Bonchev–Trinajstić information content (AvgIpc) is 2.02. The lowest BCUT2D eigenvalue weighted by Crippen LogP contribution is -2.35. The molecule has 0 aliphatic heterocycles. The van der Waals surface area contributed by atoms with Crippen molar-refractivity contribution in [2.75, 3.05) is 6.54 Å². The first-order valence-electron chi connectivity index (χ1n) is 3.78. The molecular weight excluding hydrogens is 194 g/mol. The normalized spacial score (nSPS) is 13.4. The van der Waals surface area contributed by atoms with Crippen LogP contribution < -0.4 is 5.32 Å². The van der Waals surface area contributed by atoms with Crippen LogP contribution in [0.15, 0.2) is 12.7 Å². The maximum Gasteiger partial charge on any atom is 0.269 e. The van der Waals surface area contributed by atoms with Crippen LogP contribution in [0.5, 0.6) is 0 Å². The van der Waals surface area contributed by atoms with E-state index in [4.69, 9.17) is 4.55 Å². The summed E-state index contributed by atoms with van der Waals surface area (Å²) in [7, 11) is -4.07. The molecule has 1 unspecified atom stereocenters. The van der Waals surface area contributed by atoms with Gasteiger partial charge in [-0.25, -0.2) is 0 Å². The van der Waals surface area contributed by atoms with Crippen molar-refractivity contribution in [2.45, 2.75) is 18.6 Å². The third-order valence-electron chi connectivity index (χ3n) is 1.57. The Morgan fingerprint density at radius 1 is 1.69 bits per heavy atom. The molecule has 0 aliphatic rings. The zero-order valence-corrected chi connectivity index (χ0v) is 8.17. The summed E-state index contributed by atoms with van der Waals surface area (Å²) in [6.45, 7) is 4.72. The van der Waals surface area contributed by atoms with Gasteiger partial charge in [0, 0.05) is 6.54 Å². The summed E-state index contributed by atoms with van der Waals surface area (Å²) in [6, 6.07) is 0. The van der Waals surface area contributed by atoms with Crippen molar-refractivity contribution in [1.29, 1.82) is 0 Å². The van der Waals surface area contributed by atoms with E-state index in [2.05, 4.69) is 11.9 Å². The highest BCUT2D eigenvalue weighted by molar-refractivity contribution is 7.86. The molecule has 1 atom stereocenters. The van der Waals surface area contributed by atoms with Crippen LogP contribution >= 0.6 is 0 Å². The molecule has 0 bridgehead atoms. The molecule has 0 saturated carbocycles. The number of carbonyl (C=O) groups excluding carboxylic acids is 1. The molecule has 0 radical (unpaired) electrons. The molecule has 0 aliphatic carbocycles. The minimum atomic E-state index is -4.07. The molecular formula is C7H13NO4S. The van der Waals surface area contributed by atoms with Crippen molar-refractivity contribution >= 4 is 16.0 Å². The first kappa shape index (κ1) is 12.1. The van der Waals surface area contributed by atoms with Gasteiger partial charge in [-0.3, -0.25) is 9.35 Å². The van der Waals surface area contributed by atoms with Crippen molar-refractivity contribution < 1.29 is 17.8 Å². The van der Waals surface area contributed by atoms with Crippen molar-refractivity contribution in [3.63, 3.8) is 0 Å². The Morgan fingerprint density at radius 3 is 2.54 bits per heavy atom. The van der Waals surface area contributed by atoms with Crippen LogP contribution in [0.25, 0.3) is 0 Å². The Hall–Kier alpha value is -0.880. The van der Waals surface area contributed by atoms with Crippen LogP contribution in [-0.4, -0.2) is 30.7 Å². The molecule has 0 rings (SSSR count). The molecule has 0 saturated heterocycles. The van der Waals surface area contributed by atoms with Gasteiger partial charge in [0.05, 0.1) is 0 Å². The fourth-order valence-corrected chi connectivity index (χ4v) is 1.46. The second kappa shape index (κ2) is 4.98. The Balaban J connectivity index is 4.16. The minimum absolute atomic E-state index is 0.0970. The molecule has 6 heteroatoms. The molecule has 0 aromatic rings. The smallest absolute Gasteiger partial charge is 0.269 e. The van der Waals surface area contributed by atoms with E-state index in [0.29, 0.717) is 0 Å². The molecule has 2 N–H and O–H groups in total. The molecule has 0 fully saturated rings. The number of carbonyl (C=O) groups is 1. The number of hydrogen-bond acceptors (Lipinski definition) is 3. The summed E-state index contributed by atoms with van der Waals surface area (Å²) < 4.78 is 29.9. The number of amides is 1. The quantitative estimate of drug-likeness (QED) is 0.489. The van der Waals surface area contributed by atoms with Crippen LogP contribution in [0.4, 0.5) is 0 Å². The Kier molecular flexibility index (Phi) is 4.64. The summed E-state index contributed by atoms with van der Waals surface area (Å²) in [5.41, 5.74) is 0. The lowest BCUT2D eigenvalue weighted by atomic mass is 10.3. The van der Waals surface area contributed by atoms with E-state index < -0.39 is 21.3 Å². The highest BCUT2D eigenvalue weighted by atomic mass is 32.2. The molecule has 0 heterocycles. The van der Waals surface area contributed by atoms with Gasteiger partial charge in [0.15, 0.2) is 0 Å². The van der Waals surface area contributed by atoms with Gasteiger partial charge in [-0.15, -0.1) is 0 Å². The van der Waals surface area contributed by atoms with E-state index in [1.54, 1.807) is 6.92 Å². The van der Waals surface area contributed by atoms with E-state index in [0.717, 1.165) is 6.08 Å². The zero-order valence-electron chi connectivity index (χ0n) is 7.36. The largest absolute Gasteiger partial charge is 0.351 e. The Bertz CT molecular complexity index is 283. The molecule has 5 nitrogen and oxygen atoms in total. The van der Waals surface area contributed by atoms with Gasteiger partial charge in [0.1, 0.15) is 5.25 Å². The Labute approximate surface area is 77.6 Å². The van der Waals surface area contributed by atoms with Gasteiger partial charge < -0.3 is 5.32 Å². The van der Waals surface area contributed by atoms with Crippen molar-refractivity contribution in [3.8, 4) is 0 Å². The van der Waals surface area contributed by atoms with Crippen LogP contribution in [0.1, 0.15) is 13.3 Å². The number of nitrogens with one attached hydrogen (secondary N) is 1. The lowest BCUT2D eigenvalue weighted by Gasteiger charge is -2.10. The van der Waals surface area contributed by atoms with Crippen LogP contribution in [-0.2, 0) is 14.9 Å². The molecule has 76 valence electrons. The van der Waals surface area contributed by atoms with Crippen LogP contribution in [0, 0.1) is 0 Å². The predicted molar refractivity (Wildman–Crippen MR) is 48.8 cm³/mol. The summed E-state index contributed by atoms with van der Waals surface area (Å²) >= 11 is 0. The van der Waals surface area contributed by atoms with E-state index >= 15 is 0 Å². The van der Waals surface area contributed by atoms with Gasteiger partial charge in [-0.05, 0) is 12.5 Å². The topological polar surface area (TPSA) is 83.5 Å². The second-order valence-corrected chi connectivity index (χ2v) is 4.19. The summed E-state index contributed by atoms with van der Waals surface area (Å²) in [5, 5.41) is 1.35. The molecule has 0 aromatic heterocycles. The summed E-state index contributed by atoms with van der Waals surface area (Å²) in [4.78, 5) is 10.7. The number of hydrogen-bond donors (Lipinski definition) is 2. The molecule has 0 spiro atoms. The average molecular weight is 207 g/mol. The fourth-order valence-electron chi connectivity index (χ4n) is 0.747. The SMILES string of the molecule is C=CC(=O)NCC(CC)S(=O)(=O)O. The highest BCUT2D eigenvalue weighted by Crippen LogP contribution is 2.01. The van der Waals surface area contributed by atoms with Gasteiger partial charge >= 0.3 is 0 Å². The van der Waals surface area contributed by atoms with Crippen molar-refractivity contribution in [3.05, 3.63) is 12.7 Å². The second-order valence-electron chi connectivity index (χ2n) is 2.49. The molecule has 13 heavy (non-hydrogen) atoms. The molecule has 0 aromatic carbocycles. The summed E-state index contributed by atoms with van der Waals surface area (Å²) in [6.07, 6.45) is 1.28. The lowest BCUT2D eigenvalue weighted by molar-refractivity contribution is -0.116. The molecule has 1 amide bonds.